The first-order chi connectivity index (χ1) is 15.1. The first-order valence-corrected chi connectivity index (χ1v) is 10.6. The predicted molar refractivity (Wildman–Crippen MR) is 113 cm³/mol. The van der Waals surface area contributed by atoms with Gasteiger partial charge in [-0.2, -0.15) is 23.4 Å². The van der Waals surface area contributed by atoms with E-state index in [1.165, 1.54) is 4.90 Å². The van der Waals surface area contributed by atoms with Crippen LogP contribution in [-0.2, 0) is 0 Å². The van der Waals surface area contributed by atoms with Gasteiger partial charge in [0.15, 0.2) is 5.82 Å². The zero-order valence-electron chi connectivity index (χ0n) is 18.1. The molecule has 7 nitrogen and oxygen atoms in total. The number of carbonyl (C=O) groups excluding carboxylic acids is 1. The van der Waals surface area contributed by atoms with Crippen molar-refractivity contribution in [1.82, 2.24) is 29.9 Å². The average Bonchev–Trinajstić information content (AvgIpc) is 3.42. The number of benzene rings is 1. The summed E-state index contributed by atoms with van der Waals surface area (Å²) in [6.07, 6.45) is -2.55. The van der Waals surface area contributed by atoms with E-state index >= 15 is 0 Å². The predicted octanol–water partition coefficient (Wildman–Crippen LogP) is 4.64. The van der Waals surface area contributed by atoms with Gasteiger partial charge < -0.3 is 4.90 Å². The zero-order chi connectivity index (χ0) is 23.0. The van der Waals surface area contributed by atoms with Crippen LogP contribution in [0.1, 0.15) is 48.9 Å². The Balaban J connectivity index is 1.68. The topological polar surface area (TPSA) is 79.7 Å². The van der Waals surface area contributed by atoms with E-state index in [1.807, 2.05) is 32.2 Å². The van der Waals surface area contributed by atoms with Gasteiger partial charge in [-0.25, -0.2) is 4.98 Å². The molecule has 3 heterocycles. The van der Waals surface area contributed by atoms with Crippen LogP contribution in [-0.4, -0.2) is 55.0 Å². The van der Waals surface area contributed by atoms with Crippen molar-refractivity contribution in [2.75, 3.05) is 13.1 Å². The summed E-state index contributed by atoms with van der Waals surface area (Å²) in [6.45, 7) is 5.95. The lowest BCUT2D eigenvalue weighted by Crippen LogP contribution is -2.42. The number of piperidine rings is 1. The lowest BCUT2D eigenvalue weighted by molar-refractivity contribution is -0.183. The van der Waals surface area contributed by atoms with Gasteiger partial charge in [-0.05, 0) is 51.8 Å². The van der Waals surface area contributed by atoms with E-state index in [0.717, 1.165) is 5.56 Å². The first-order valence-electron chi connectivity index (χ1n) is 10.6. The van der Waals surface area contributed by atoms with E-state index in [9.17, 15) is 18.0 Å². The number of nitrogens with zero attached hydrogens (tertiary/aromatic N) is 5. The van der Waals surface area contributed by atoms with Crippen LogP contribution >= 0.6 is 0 Å². The van der Waals surface area contributed by atoms with Crippen LogP contribution in [0, 0.1) is 12.8 Å². The Bertz CT molecular complexity index is 1110. The summed E-state index contributed by atoms with van der Waals surface area (Å²) in [5.74, 6) is -0.489. The van der Waals surface area contributed by atoms with Crippen molar-refractivity contribution < 1.29 is 18.0 Å². The molecule has 170 valence electrons. The number of aryl methyl sites for hydroxylation is 1. The highest BCUT2D eigenvalue weighted by atomic mass is 19.4. The first kappa shape index (κ1) is 22.0. The molecule has 0 aliphatic carbocycles. The molecule has 1 fully saturated rings. The van der Waals surface area contributed by atoms with Crippen LogP contribution in [0.25, 0.3) is 22.6 Å². The summed E-state index contributed by atoms with van der Waals surface area (Å²) < 4.78 is 40.9. The standard InChI is InChI=1S/C22H25F3N6O/c1-13(2)31-11-8-19(29-31)18-12-15(20-26-14(3)27-28-20)4-5-17(18)21(32)30-9-6-16(7-10-30)22(23,24)25/h4-5,8,11-13,16H,6-7,9-10H2,1-3H3,(H,26,27,28). The third kappa shape index (κ3) is 4.39. The van der Waals surface area contributed by atoms with Crippen LogP contribution in [0.4, 0.5) is 13.2 Å². The van der Waals surface area contributed by atoms with Gasteiger partial charge in [0.25, 0.3) is 5.91 Å². The summed E-state index contributed by atoms with van der Waals surface area (Å²) >= 11 is 0. The highest BCUT2D eigenvalue weighted by molar-refractivity contribution is 6.01. The van der Waals surface area contributed by atoms with Crippen molar-refractivity contribution in [3.63, 3.8) is 0 Å². The van der Waals surface area contributed by atoms with Crippen LogP contribution in [0.3, 0.4) is 0 Å². The maximum absolute atomic E-state index is 13.3. The molecule has 3 aromatic rings. The van der Waals surface area contributed by atoms with Crippen molar-refractivity contribution in [2.45, 2.75) is 45.8 Å². The molecule has 0 bridgehead atoms. The lowest BCUT2D eigenvalue weighted by Gasteiger charge is -2.33. The van der Waals surface area contributed by atoms with Crippen LogP contribution in [0.15, 0.2) is 30.5 Å². The summed E-state index contributed by atoms with van der Waals surface area (Å²) in [4.78, 5) is 19.2. The Kier molecular flexibility index (Phi) is 5.79. The molecular weight excluding hydrogens is 421 g/mol. The van der Waals surface area contributed by atoms with Gasteiger partial charge in [0, 0.05) is 42.0 Å². The van der Waals surface area contributed by atoms with E-state index in [0.29, 0.717) is 28.5 Å². The fourth-order valence-corrected chi connectivity index (χ4v) is 3.90. The minimum atomic E-state index is -4.22. The summed E-state index contributed by atoms with van der Waals surface area (Å²) in [5.41, 5.74) is 2.34. The average molecular weight is 446 g/mol. The number of aromatic nitrogens is 5. The number of amides is 1. The SMILES string of the molecule is Cc1nc(-c2ccc(C(=O)N3CCC(C(F)(F)F)CC3)c(-c3ccn(C(C)C)n3)c2)n[nH]1. The minimum absolute atomic E-state index is 0.0742. The second kappa shape index (κ2) is 8.40. The number of H-pyrrole nitrogens is 1. The van der Waals surface area contributed by atoms with Crippen molar-refractivity contribution in [3.8, 4) is 22.6 Å². The smallest absolute Gasteiger partial charge is 0.339 e. The molecule has 0 atom stereocenters. The van der Waals surface area contributed by atoms with E-state index < -0.39 is 12.1 Å². The molecule has 1 amide bonds. The number of hydrogen-bond acceptors (Lipinski definition) is 4. The number of halogens is 3. The van der Waals surface area contributed by atoms with Gasteiger partial charge >= 0.3 is 6.18 Å². The molecular formula is C22H25F3N6O. The molecule has 2 aromatic heterocycles. The molecule has 0 unspecified atom stereocenters. The number of carbonyl (C=O) groups is 1. The Hall–Kier alpha value is -3.17. The summed E-state index contributed by atoms with van der Waals surface area (Å²) in [5, 5.41) is 11.6. The molecule has 0 spiro atoms. The Labute approximate surface area is 183 Å². The van der Waals surface area contributed by atoms with Gasteiger partial charge in [-0.3, -0.25) is 14.6 Å². The molecule has 1 N–H and O–H groups in total. The van der Waals surface area contributed by atoms with Crippen molar-refractivity contribution in [3.05, 3.63) is 41.9 Å². The zero-order valence-corrected chi connectivity index (χ0v) is 18.1. The maximum atomic E-state index is 13.3. The summed E-state index contributed by atoms with van der Waals surface area (Å²) in [7, 11) is 0. The van der Waals surface area contributed by atoms with E-state index in [-0.39, 0.29) is 37.9 Å². The number of nitrogens with one attached hydrogen (secondary N) is 1. The van der Waals surface area contributed by atoms with Gasteiger partial charge in [-0.1, -0.05) is 6.07 Å². The van der Waals surface area contributed by atoms with E-state index in [1.54, 1.807) is 23.7 Å². The molecule has 0 saturated carbocycles. The molecule has 4 rings (SSSR count). The van der Waals surface area contributed by atoms with Crippen LogP contribution in [0.5, 0.6) is 0 Å². The fourth-order valence-electron chi connectivity index (χ4n) is 3.90. The Morgan fingerprint density at radius 1 is 1.19 bits per heavy atom. The second-order valence-electron chi connectivity index (χ2n) is 8.39. The number of hydrogen-bond donors (Lipinski definition) is 1. The number of alkyl halides is 3. The highest BCUT2D eigenvalue weighted by Crippen LogP contribution is 2.35. The largest absolute Gasteiger partial charge is 0.391 e. The third-order valence-corrected chi connectivity index (χ3v) is 5.76. The van der Waals surface area contributed by atoms with E-state index in [4.69, 9.17) is 0 Å². The van der Waals surface area contributed by atoms with Gasteiger partial charge in [0.2, 0.25) is 0 Å². The molecule has 10 heteroatoms. The van der Waals surface area contributed by atoms with Crippen LogP contribution in [0.2, 0.25) is 0 Å². The minimum Gasteiger partial charge on any atom is -0.339 e. The molecule has 1 aromatic carbocycles. The number of likely N-dealkylation sites (tertiary alicyclic amines) is 1. The second-order valence-corrected chi connectivity index (χ2v) is 8.39. The monoisotopic (exact) mass is 446 g/mol. The lowest BCUT2D eigenvalue weighted by atomic mass is 9.94. The van der Waals surface area contributed by atoms with Crippen molar-refractivity contribution in [2.24, 2.45) is 5.92 Å². The van der Waals surface area contributed by atoms with Gasteiger partial charge in [-0.15, -0.1) is 0 Å². The van der Waals surface area contributed by atoms with Gasteiger partial charge in [0.1, 0.15) is 5.82 Å². The molecule has 1 aliphatic rings. The Morgan fingerprint density at radius 2 is 1.91 bits per heavy atom. The quantitative estimate of drug-likeness (QED) is 0.633. The summed E-state index contributed by atoms with van der Waals surface area (Å²) in [6, 6.07) is 7.22. The normalized spacial score (nSPS) is 15.5. The fraction of sp³-hybridized carbons (Fsp3) is 0.455. The van der Waals surface area contributed by atoms with Crippen molar-refractivity contribution >= 4 is 5.91 Å². The number of rotatable bonds is 4. The van der Waals surface area contributed by atoms with Crippen molar-refractivity contribution in [1.29, 1.82) is 0 Å². The number of aromatic amines is 1. The maximum Gasteiger partial charge on any atom is 0.391 e. The van der Waals surface area contributed by atoms with Crippen LogP contribution < -0.4 is 0 Å². The van der Waals surface area contributed by atoms with E-state index in [2.05, 4.69) is 20.3 Å². The molecule has 0 radical (unpaired) electrons. The third-order valence-electron chi connectivity index (χ3n) is 5.76. The Morgan fingerprint density at radius 3 is 2.47 bits per heavy atom. The molecule has 32 heavy (non-hydrogen) atoms. The highest BCUT2D eigenvalue weighted by Gasteiger charge is 2.42. The molecule has 1 aliphatic heterocycles. The van der Waals surface area contributed by atoms with Gasteiger partial charge in [0.05, 0.1) is 11.6 Å². The molecule has 1 saturated heterocycles.